The van der Waals surface area contributed by atoms with E-state index in [0.29, 0.717) is 10.8 Å². The van der Waals surface area contributed by atoms with Crippen molar-refractivity contribution in [3.05, 3.63) is 64.7 Å². The second-order valence-corrected chi connectivity index (χ2v) is 6.07. The van der Waals surface area contributed by atoms with E-state index in [1.807, 2.05) is 6.07 Å². The standard InChI is InChI=1S/C18H14ClF3N2O2/c1-17(10-23,11-26-15-9-5-4-8-14(15)19)24-16(25)12-6-2-3-7-13(12)18(20,21)22/h2-9H,11H2,1H3,(H,24,25). The first-order chi connectivity index (χ1) is 12.2. The largest absolute Gasteiger partial charge is 0.488 e. The Hall–Kier alpha value is -2.72. The van der Waals surface area contributed by atoms with E-state index < -0.39 is 28.7 Å². The Morgan fingerprint density at radius 1 is 1.19 bits per heavy atom. The third-order valence-electron chi connectivity index (χ3n) is 3.47. The van der Waals surface area contributed by atoms with Crippen LogP contribution in [0.25, 0.3) is 0 Å². The minimum atomic E-state index is -4.69. The van der Waals surface area contributed by atoms with Crippen LogP contribution in [-0.4, -0.2) is 18.1 Å². The molecule has 0 spiro atoms. The molecule has 136 valence electrons. The molecule has 0 aromatic heterocycles. The van der Waals surface area contributed by atoms with Crippen LogP contribution in [0.4, 0.5) is 13.2 Å². The van der Waals surface area contributed by atoms with Gasteiger partial charge in [0.05, 0.1) is 22.2 Å². The van der Waals surface area contributed by atoms with Crippen molar-refractivity contribution in [1.29, 1.82) is 5.26 Å². The molecular formula is C18H14ClF3N2O2. The first kappa shape index (κ1) is 19.6. The number of hydrogen-bond acceptors (Lipinski definition) is 3. The molecule has 1 unspecified atom stereocenters. The van der Waals surface area contributed by atoms with Crippen molar-refractivity contribution < 1.29 is 22.7 Å². The highest BCUT2D eigenvalue weighted by Gasteiger charge is 2.36. The number of nitriles is 1. The number of carbonyl (C=O) groups excluding carboxylic acids is 1. The summed E-state index contributed by atoms with van der Waals surface area (Å²) in [5.74, 6) is -0.731. The maximum atomic E-state index is 13.1. The number of nitrogens with zero attached hydrogens (tertiary/aromatic N) is 1. The fourth-order valence-electron chi connectivity index (χ4n) is 2.13. The molecule has 4 nitrogen and oxygen atoms in total. The lowest BCUT2D eigenvalue weighted by Crippen LogP contribution is -2.49. The Morgan fingerprint density at radius 2 is 1.81 bits per heavy atom. The second kappa shape index (κ2) is 7.67. The predicted molar refractivity (Wildman–Crippen MR) is 89.9 cm³/mol. The molecule has 2 aromatic rings. The molecule has 1 atom stereocenters. The van der Waals surface area contributed by atoms with E-state index in [9.17, 15) is 23.2 Å². The van der Waals surface area contributed by atoms with Crippen molar-refractivity contribution in [2.24, 2.45) is 0 Å². The average Bonchev–Trinajstić information content (AvgIpc) is 2.60. The second-order valence-electron chi connectivity index (χ2n) is 5.66. The Balaban J connectivity index is 2.18. The topological polar surface area (TPSA) is 62.1 Å². The normalized spacial score (nSPS) is 13.4. The summed E-state index contributed by atoms with van der Waals surface area (Å²) < 4.78 is 44.6. The van der Waals surface area contributed by atoms with Crippen LogP contribution >= 0.6 is 11.6 Å². The summed E-state index contributed by atoms with van der Waals surface area (Å²) in [6.45, 7) is 1.05. The number of ether oxygens (including phenoxy) is 1. The number of halogens is 4. The summed E-state index contributed by atoms with van der Waals surface area (Å²) in [6.07, 6.45) is -4.69. The van der Waals surface area contributed by atoms with Crippen molar-refractivity contribution in [1.82, 2.24) is 5.32 Å². The van der Waals surface area contributed by atoms with E-state index >= 15 is 0 Å². The number of para-hydroxylation sites is 1. The molecule has 0 aliphatic rings. The van der Waals surface area contributed by atoms with Gasteiger partial charge in [0, 0.05) is 0 Å². The monoisotopic (exact) mass is 382 g/mol. The van der Waals surface area contributed by atoms with Crippen LogP contribution in [0, 0.1) is 11.3 Å². The van der Waals surface area contributed by atoms with E-state index in [0.717, 1.165) is 12.1 Å². The summed E-state index contributed by atoms with van der Waals surface area (Å²) in [5, 5.41) is 12.0. The van der Waals surface area contributed by atoms with Gasteiger partial charge < -0.3 is 10.1 Å². The van der Waals surface area contributed by atoms with Gasteiger partial charge in [0.1, 0.15) is 12.4 Å². The molecule has 2 aromatic carbocycles. The summed E-state index contributed by atoms with van der Waals surface area (Å²) in [6, 6.07) is 12.7. The maximum Gasteiger partial charge on any atom is 0.417 e. The van der Waals surface area contributed by atoms with Gasteiger partial charge in [-0.05, 0) is 31.2 Å². The van der Waals surface area contributed by atoms with Crippen LogP contribution in [0.5, 0.6) is 5.75 Å². The Labute approximate surface area is 153 Å². The molecule has 0 saturated heterocycles. The Morgan fingerprint density at radius 3 is 2.42 bits per heavy atom. The highest BCUT2D eigenvalue weighted by molar-refractivity contribution is 6.32. The lowest BCUT2D eigenvalue weighted by Gasteiger charge is -2.24. The first-order valence-electron chi connectivity index (χ1n) is 7.43. The zero-order valence-corrected chi connectivity index (χ0v) is 14.4. The average molecular weight is 383 g/mol. The molecule has 0 fully saturated rings. The number of benzene rings is 2. The molecule has 2 rings (SSSR count). The fourth-order valence-corrected chi connectivity index (χ4v) is 2.32. The van der Waals surface area contributed by atoms with Gasteiger partial charge in [-0.2, -0.15) is 18.4 Å². The quantitative estimate of drug-likeness (QED) is 0.831. The smallest absolute Gasteiger partial charge is 0.417 e. The number of carbonyl (C=O) groups is 1. The van der Waals surface area contributed by atoms with E-state index in [1.54, 1.807) is 24.3 Å². The highest BCUT2D eigenvalue weighted by atomic mass is 35.5. The number of amides is 1. The highest BCUT2D eigenvalue weighted by Crippen LogP contribution is 2.32. The number of hydrogen-bond donors (Lipinski definition) is 1. The van der Waals surface area contributed by atoms with Crippen LogP contribution in [0.2, 0.25) is 5.02 Å². The number of rotatable bonds is 5. The van der Waals surface area contributed by atoms with Gasteiger partial charge in [-0.15, -0.1) is 0 Å². The van der Waals surface area contributed by atoms with E-state index in [1.165, 1.54) is 19.1 Å². The van der Waals surface area contributed by atoms with Gasteiger partial charge in [-0.3, -0.25) is 4.79 Å². The summed E-state index contributed by atoms with van der Waals surface area (Å²) in [7, 11) is 0. The minimum absolute atomic E-state index is 0.292. The maximum absolute atomic E-state index is 13.1. The molecule has 0 aliphatic carbocycles. The SMILES string of the molecule is CC(C#N)(COc1ccccc1Cl)NC(=O)c1ccccc1C(F)(F)F. The Bertz CT molecular complexity index is 849. The minimum Gasteiger partial charge on any atom is -0.488 e. The van der Waals surface area contributed by atoms with E-state index in [2.05, 4.69) is 5.32 Å². The van der Waals surface area contributed by atoms with Crippen LogP contribution < -0.4 is 10.1 Å². The van der Waals surface area contributed by atoms with Crippen molar-refractivity contribution in [2.75, 3.05) is 6.61 Å². The predicted octanol–water partition coefficient (Wildman–Crippen LogP) is 4.45. The molecule has 1 N–H and O–H groups in total. The summed E-state index contributed by atoms with van der Waals surface area (Å²) >= 11 is 5.95. The van der Waals surface area contributed by atoms with E-state index in [4.69, 9.17) is 16.3 Å². The van der Waals surface area contributed by atoms with Gasteiger partial charge in [0.2, 0.25) is 0 Å². The molecule has 0 saturated carbocycles. The first-order valence-corrected chi connectivity index (χ1v) is 7.81. The third kappa shape index (κ3) is 4.67. The third-order valence-corrected chi connectivity index (χ3v) is 3.78. The van der Waals surface area contributed by atoms with Gasteiger partial charge >= 0.3 is 6.18 Å². The molecule has 0 aliphatic heterocycles. The molecule has 0 heterocycles. The van der Waals surface area contributed by atoms with Crippen LogP contribution in [-0.2, 0) is 6.18 Å². The van der Waals surface area contributed by atoms with Crippen molar-refractivity contribution in [3.8, 4) is 11.8 Å². The van der Waals surface area contributed by atoms with Gasteiger partial charge in [-0.25, -0.2) is 0 Å². The van der Waals surface area contributed by atoms with E-state index in [-0.39, 0.29) is 6.61 Å². The lowest BCUT2D eigenvalue weighted by atomic mass is 10.0. The summed E-state index contributed by atoms with van der Waals surface area (Å²) in [4.78, 5) is 12.3. The molecule has 26 heavy (non-hydrogen) atoms. The Kier molecular flexibility index (Phi) is 5.78. The molecule has 8 heteroatoms. The summed E-state index contributed by atoms with van der Waals surface area (Å²) in [5.41, 5.74) is -3.21. The van der Waals surface area contributed by atoms with Crippen LogP contribution in [0.15, 0.2) is 48.5 Å². The zero-order valence-electron chi connectivity index (χ0n) is 13.6. The van der Waals surface area contributed by atoms with Gasteiger partial charge in [0.15, 0.2) is 5.54 Å². The number of nitrogens with one attached hydrogen (secondary N) is 1. The lowest BCUT2D eigenvalue weighted by molar-refractivity contribution is -0.137. The van der Waals surface area contributed by atoms with Crippen molar-refractivity contribution in [3.63, 3.8) is 0 Å². The van der Waals surface area contributed by atoms with Crippen molar-refractivity contribution >= 4 is 17.5 Å². The molecule has 1 amide bonds. The van der Waals surface area contributed by atoms with Crippen LogP contribution in [0.1, 0.15) is 22.8 Å². The fraction of sp³-hybridized carbons (Fsp3) is 0.222. The van der Waals surface area contributed by atoms with Crippen molar-refractivity contribution in [2.45, 2.75) is 18.6 Å². The van der Waals surface area contributed by atoms with Gasteiger partial charge in [-0.1, -0.05) is 35.9 Å². The molecule has 0 radical (unpaired) electrons. The molecule has 0 bridgehead atoms. The van der Waals surface area contributed by atoms with Crippen LogP contribution in [0.3, 0.4) is 0 Å². The molecular weight excluding hydrogens is 369 g/mol. The zero-order chi connectivity index (χ0) is 19.4. The van der Waals surface area contributed by atoms with Gasteiger partial charge in [0.25, 0.3) is 5.91 Å². The number of alkyl halides is 3.